The highest BCUT2D eigenvalue weighted by Gasteiger charge is 2.30. The molecule has 0 radical (unpaired) electrons. The van der Waals surface area contributed by atoms with E-state index in [9.17, 15) is 0 Å². The summed E-state index contributed by atoms with van der Waals surface area (Å²) < 4.78 is 0. The minimum absolute atomic E-state index is 0.762. The Labute approximate surface area is 87.1 Å². The van der Waals surface area contributed by atoms with Crippen LogP contribution >= 0.6 is 11.8 Å². The van der Waals surface area contributed by atoms with Crippen LogP contribution in [0.5, 0.6) is 0 Å². The Balaban J connectivity index is 2.02. The van der Waals surface area contributed by atoms with E-state index in [1.165, 1.54) is 19.4 Å². The SMILES string of the molecule is CSC(C)CNC1CC(C(C)C)C1. The third-order valence-electron chi connectivity index (χ3n) is 3.21. The van der Waals surface area contributed by atoms with E-state index in [1.807, 2.05) is 11.8 Å². The molecule has 1 rings (SSSR count). The zero-order valence-corrected chi connectivity index (χ0v) is 10.2. The lowest BCUT2D eigenvalue weighted by molar-refractivity contribution is 0.169. The molecule has 1 fully saturated rings. The maximum atomic E-state index is 3.63. The van der Waals surface area contributed by atoms with E-state index in [4.69, 9.17) is 0 Å². The van der Waals surface area contributed by atoms with Crippen LogP contribution in [0.4, 0.5) is 0 Å². The maximum absolute atomic E-state index is 3.63. The van der Waals surface area contributed by atoms with Crippen molar-refractivity contribution in [3.05, 3.63) is 0 Å². The van der Waals surface area contributed by atoms with E-state index in [-0.39, 0.29) is 0 Å². The summed E-state index contributed by atoms with van der Waals surface area (Å²) in [7, 11) is 0. The zero-order chi connectivity index (χ0) is 9.84. The molecule has 0 aromatic carbocycles. The molecule has 1 aliphatic carbocycles. The van der Waals surface area contributed by atoms with Crippen molar-refractivity contribution in [3.63, 3.8) is 0 Å². The summed E-state index contributed by atoms with van der Waals surface area (Å²) in [5, 5.41) is 4.40. The van der Waals surface area contributed by atoms with Crippen LogP contribution in [0.3, 0.4) is 0 Å². The minimum Gasteiger partial charge on any atom is -0.313 e. The Kier molecular flexibility index (Phi) is 4.60. The van der Waals surface area contributed by atoms with Crippen molar-refractivity contribution in [1.29, 1.82) is 0 Å². The van der Waals surface area contributed by atoms with Gasteiger partial charge in [-0.15, -0.1) is 0 Å². The molecule has 0 aromatic rings. The second kappa shape index (κ2) is 5.26. The average molecular weight is 201 g/mol. The van der Waals surface area contributed by atoms with Gasteiger partial charge in [-0.25, -0.2) is 0 Å². The lowest BCUT2D eigenvalue weighted by Crippen LogP contribution is -2.44. The molecule has 0 heterocycles. The average Bonchev–Trinajstić information content (AvgIpc) is 2.00. The number of hydrogen-bond acceptors (Lipinski definition) is 2. The van der Waals surface area contributed by atoms with E-state index in [0.717, 1.165) is 23.1 Å². The number of nitrogens with one attached hydrogen (secondary N) is 1. The van der Waals surface area contributed by atoms with Crippen molar-refractivity contribution in [3.8, 4) is 0 Å². The Morgan fingerprint density at radius 1 is 1.31 bits per heavy atom. The molecule has 1 saturated carbocycles. The van der Waals surface area contributed by atoms with E-state index in [1.54, 1.807) is 0 Å². The Morgan fingerprint density at radius 2 is 1.92 bits per heavy atom. The van der Waals surface area contributed by atoms with Gasteiger partial charge in [0.1, 0.15) is 0 Å². The van der Waals surface area contributed by atoms with Gasteiger partial charge in [0.25, 0.3) is 0 Å². The fraction of sp³-hybridized carbons (Fsp3) is 1.00. The summed E-state index contributed by atoms with van der Waals surface area (Å²) in [6.45, 7) is 8.14. The second-order valence-electron chi connectivity index (χ2n) is 4.63. The number of thioether (sulfide) groups is 1. The van der Waals surface area contributed by atoms with Gasteiger partial charge in [0.05, 0.1) is 0 Å². The van der Waals surface area contributed by atoms with Gasteiger partial charge in [0.2, 0.25) is 0 Å². The van der Waals surface area contributed by atoms with Crippen LogP contribution in [0.15, 0.2) is 0 Å². The van der Waals surface area contributed by atoms with Crippen molar-refractivity contribution >= 4 is 11.8 Å². The first-order valence-electron chi connectivity index (χ1n) is 5.39. The molecule has 1 atom stereocenters. The quantitative estimate of drug-likeness (QED) is 0.734. The van der Waals surface area contributed by atoms with Crippen LogP contribution in [-0.2, 0) is 0 Å². The van der Waals surface area contributed by atoms with Gasteiger partial charge < -0.3 is 5.32 Å². The number of hydrogen-bond donors (Lipinski definition) is 1. The molecule has 0 aromatic heterocycles. The molecule has 1 N–H and O–H groups in total. The van der Waals surface area contributed by atoms with Gasteiger partial charge in [0, 0.05) is 17.8 Å². The normalized spacial score (nSPS) is 30.2. The monoisotopic (exact) mass is 201 g/mol. The van der Waals surface area contributed by atoms with Crippen molar-refractivity contribution in [2.45, 2.75) is 44.9 Å². The van der Waals surface area contributed by atoms with E-state index < -0.39 is 0 Å². The topological polar surface area (TPSA) is 12.0 Å². The third kappa shape index (κ3) is 3.51. The molecule has 0 spiro atoms. The lowest BCUT2D eigenvalue weighted by Gasteiger charge is -2.39. The van der Waals surface area contributed by atoms with Gasteiger partial charge in [0.15, 0.2) is 0 Å². The van der Waals surface area contributed by atoms with Crippen molar-refractivity contribution in [1.82, 2.24) is 5.32 Å². The molecule has 0 saturated heterocycles. The van der Waals surface area contributed by atoms with Gasteiger partial charge in [-0.1, -0.05) is 20.8 Å². The van der Waals surface area contributed by atoms with E-state index >= 15 is 0 Å². The summed E-state index contributed by atoms with van der Waals surface area (Å²) >= 11 is 1.95. The van der Waals surface area contributed by atoms with E-state index in [0.29, 0.717) is 0 Å². The van der Waals surface area contributed by atoms with Crippen molar-refractivity contribution < 1.29 is 0 Å². The van der Waals surface area contributed by atoms with Crippen LogP contribution in [0, 0.1) is 11.8 Å². The summed E-state index contributed by atoms with van der Waals surface area (Å²) in [5.41, 5.74) is 0. The molecular weight excluding hydrogens is 178 g/mol. The van der Waals surface area contributed by atoms with Crippen molar-refractivity contribution in [2.75, 3.05) is 12.8 Å². The second-order valence-corrected chi connectivity index (χ2v) is 5.90. The van der Waals surface area contributed by atoms with E-state index in [2.05, 4.69) is 32.3 Å². The van der Waals surface area contributed by atoms with Gasteiger partial charge >= 0.3 is 0 Å². The van der Waals surface area contributed by atoms with Gasteiger partial charge in [-0.3, -0.25) is 0 Å². The highest BCUT2D eigenvalue weighted by molar-refractivity contribution is 7.99. The molecule has 1 unspecified atom stereocenters. The molecule has 0 bridgehead atoms. The molecule has 1 nitrogen and oxygen atoms in total. The predicted molar refractivity (Wildman–Crippen MR) is 62.3 cm³/mol. The zero-order valence-electron chi connectivity index (χ0n) is 9.34. The van der Waals surface area contributed by atoms with Crippen LogP contribution < -0.4 is 5.32 Å². The van der Waals surface area contributed by atoms with Crippen LogP contribution in [0.25, 0.3) is 0 Å². The first-order valence-corrected chi connectivity index (χ1v) is 6.68. The van der Waals surface area contributed by atoms with Gasteiger partial charge in [-0.05, 0) is 30.9 Å². The summed E-state index contributed by atoms with van der Waals surface area (Å²) in [4.78, 5) is 0. The highest BCUT2D eigenvalue weighted by atomic mass is 32.2. The minimum atomic E-state index is 0.762. The molecular formula is C11H23NS. The maximum Gasteiger partial charge on any atom is 0.0141 e. The Hall–Kier alpha value is 0.310. The molecule has 2 heteroatoms. The Morgan fingerprint density at radius 3 is 2.38 bits per heavy atom. The van der Waals surface area contributed by atoms with Crippen LogP contribution in [0.1, 0.15) is 33.6 Å². The smallest absolute Gasteiger partial charge is 0.0141 e. The van der Waals surface area contributed by atoms with Gasteiger partial charge in [-0.2, -0.15) is 11.8 Å². The fourth-order valence-electron chi connectivity index (χ4n) is 1.79. The lowest BCUT2D eigenvalue weighted by atomic mass is 9.74. The number of rotatable bonds is 5. The molecule has 1 aliphatic rings. The Bertz CT molecular complexity index is 141. The molecule has 0 amide bonds. The predicted octanol–water partition coefficient (Wildman–Crippen LogP) is 2.76. The van der Waals surface area contributed by atoms with Crippen LogP contribution in [0.2, 0.25) is 0 Å². The summed E-state index contributed by atoms with van der Waals surface area (Å²) in [5.74, 6) is 1.87. The molecule has 78 valence electrons. The summed E-state index contributed by atoms with van der Waals surface area (Å²) in [6, 6.07) is 0.821. The summed E-state index contributed by atoms with van der Waals surface area (Å²) in [6.07, 6.45) is 4.99. The van der Waals surface area contributed by atoms with Crippen LogP contribution in [-0.4, -0.2) is 24.1 Å². The molecule has 13 heavy (non-hydrogen) atoms. The first kappa shape index (κ1) is 11.4. The molecule has 0 aliphatic heterocycles. The highest BCUT2D eigenvalue weighted by Crippen LogP contribution is 2.33. The third-order valence-corrected chi connectivity index (χ3v) is 4.19. The first-order chi connectivity index (χ1) is 6.13. The van der Waals surface area contributed by atoms with Crippen molar-refractivity contribution in [2.24, 2.45) is 11.8 Å². The largest absolute Gasteiger partial charge is 0.313 e. The fourth-order valence-corrected chi connectivity index (χ4v) is 2.05. The standard InChI is InChI=1S/C11H23NS/c1-8(2)10-5-11(6-10)12-7-9(3)13-4/h8-12H,5-7H2,1-4H3.